The van der Waals surface area contributed by atoms with Crippen molar-refractivity contribution in [3.8, 4) is 0 Å². The Labute approximate surface area is 128 Å². The normalized spacial score (nSPS) is 20.6. The Kier molecular flexibility index (Phi) is 2.88. The number of anilines is 1. The first-order valence-electron chi connectivity index (χ1n) is 7.65. The van der Waals surface area contributed by atoms with Crippen molar-refractivity contribution in [2.24, 2.45) is 0 Å². The lowest BCUT2D eigenvalue weighted by Crippen LogP contribution is -2.31. The molecule has 4 rings (SSSR count). The zero-order chi connectivity index (χ0) is 15.3. The molecule has 0 amide bonds. The van der Waals surface area contributed by atoms with E-state index >= 15 is 0 Å². The van der Waals surface area contributed by atoms with E-state index in [-0.39, 0.29) is 11.8 Å². The number of nitrogens with one attached hydrogen (secondary N) is 1. The average Bonchev–Trinajstić information content (AvgIpc) is 3.11. The van der Waals surface area contributed by atoms with Crippen molar-refractivity contribution in [3.63, 3.8) is 0 Å². The van der Waals surface area contributed by atoms with E-state index in [0.29, 0.717) is 12.4 Å². The molecule has 7 heteroatoms. The van der Waals surface area contributed by atoms with Gasteiger partial charge in [-0.25, -0.2) is 4.68 Å². The summed E-state index contributed by atoms with van der Waals surface area (Å²) in [6, 6.07) is -0.221. The highest BCUT2D eigenvalue weighted by molar-refractivity contribution is 5.99. The molecule has 0 spiro atoms. The number of ketones is 1. The molecule has 1 atom stereocenters. The summed E-state index contributed by atoms with van der Waals surface area (Å²) in [5.41, 5.74) is 3.77. The first-order valence-corrected chi connectivity index (χ1v) is 7.65. The van der Waals surface area contributed by atoms with Gasteiger partial charge in [-0.15, -0.1) is 0 Å². The van der Waals surface area contributed by atoms with E-state index in [1.54, 1.807) is 4.68 Å². The number of carbonyl (C=O) groups excluding carboxylic acids is 1. The molecule has 0 saturated carbocycles. The summed E-state index contributed by atoms with van der Waals surface area (Å²) in [6.07, 6.45) is 5.91. The minimum atomic E-state index is -0.221. The van der Waals surface area contributed by atoms with Crippen LogP contribution < -0.4 is 5.32 Å². The molecule has 2 aromatic rings. The molecule has 0 fully saturated rings. The molecule has 114 valence electrons. The molecule has 2 aromatic heterocycles. The smallest absolute Gasteiger partial charge is 0.226 e. The van der Waals surface area contributed by atoms with Gasteiger partial charge in [-0.3, -0.25) is 9.48 Å². The largest absolute Gasteiger partial charge is 0.328 e. The van der Waals surface area contributed by atoms with Gasteiger partial charge in [-0.05, 0) is 26.7 Å². The Balaban J connectivity index is 1.92. The maximum Gasteiger partial charge on any atom is 0.226 e. The Morgan fingerprint density at radius 2 is 2.27 bits per heavy atom. The molecule has 1 aliphatic heterocycles. The Morgan fingerprint density at radius 3 is 3.05 bits per heavy atom. The molecular formula is C15H18N6O. The summed E-state index contributed by atoms with van der Waals surface area (Å²) in [5.74, 6) is 0.894. The van der Waals surface area contributed by atoms with Crippen molar-refractivity contribution < 1.29 is 4.79 Å². The standard InChI is InChI=1S/C15H18N6O/c1-3-20-7-10(9(2)19-20)14-13-11(5-4-6-12(13)22)18-15-16-8-17-21(14)15/h7-8,14H,3-6H2,1-2H3,(H,16,17,18). The zero-order valence-corrected chi connectivity index (χ0v) is 12.7. The second-order valence-corrected chi connectivity index (χ2v) is 5.75. The molecule has 0 radical (unpaired) electrons. The van der Waals surface area contributed by atoms with Crippen LogP contribution in [0.25, 0.3) is 0 Å². The van der Waals surface area contributed by atoms with E-state index in [1.165, 1.54) is 6.33 Å². The summed E-state index contributed by atoms with van der Waals surface area (Å²) < 4.78 is 3.70. The summed E-state index contributed by atoms with van der Waals surface area (Å²) in [4.78, 5) is 16.8. The number of aromatic nitrogens is 5. The number of hydrogen-bond donors (Lipinski definition) is 1. The lowest BCUT2D eigenvalue weighted by Gasteiger charge is -2.31. The van der Waals surface area contributed by atoms with E-state index in [0.717, 1.165) is 41.9 Å². The van der Waals surface area contributed by atoms with Crippen LogP contribution in [-0.2, 0) is 11.3 Å². The molecule has 22 heavy (non-hydrogen) atoms. The van der Waals surface area contributed by atoms with Crippen LogP contribution in [-0.4, -0.2) is 30.3 Å². The van der Waals surface area contributed by atoms with Crippen LogP contribution in [0.5, 0.6) is 0 Å². The predicted octanol–water partition coefficient (Wildman–Crippen LogP) is 1.82. The number of carbonyl (C=O) groups is 1. The number of allylic oxidation sites excluding steroid dienone is 2. The highest BCUT2D eigenvalue weighted by Crippen LogP contribution is 2.40. The molecule has 0 aromatic carbocycles. The maximum atomic E-state index is 12.5. The summed E-state index contributed by atoms with van der Waals surface area (Å²) >= 11 is 0. The van der Waals surface area contributed by atoms with Gasteiger partial charge in [-0.1, -0.05) is 0 Å². The number of Topliss-reactive ketones (excluding diaryl/α,β-unsaturated/α-hetero) is 1. The number of hydrogen-bond acceptors (Lipinski definition) is 5. The van der Waals surface area contributed by atoms with Gasteiger partial charge in [0.2, 0.25) is 5.95 Å². The Morgan fingerprint density at radius 1 is 1.41 bits per heavy atom. The van der Waals surface area contributed by atoms with Crippen molar-refractivity contribution in [1.82, 2.24) is 24.5 Å². The monoisotopic (exact) mass is 298 g/mol. The highest BCUT2D eigenvalue weighted by atomic mass is 16.1. The third-order valence-corrected chi connectivity index (χ3v) is 4.41. The van der Waals surface area contributed by atoms with E-state index in [1.807, 2.05) is 17.8 Å². The average molecular weight is 298 g/mol. The minimum Gasteiger partial charge on any atom is -0.328 e. The molecule has 2 aliphatic rings. The SMILES string of the molecule is CCn1cc(C2C3=C(CCCC3=O)Nc3ncnn32)c(C)n1. The van der Waals surface area contributed by atoms with Gasteiger partial charge in [-0.2, -0.15) is 15.2 Å². The molecule has 1 N–H and O–H groups in total. The van der Waals surface area contributed by atoms with E-state index in [2.05, 4.69) is 27.4 Å². The van der Waals surface area contributed by atoms with Gasteiger partial charge in [0.05, 0.1) is 5.69 Å². The fraction of sp³-hybridized carbons (Fsp3) is 0.467. The molecule has 1 aliphatic carbocycles. The highest BCUT2D eigenvalue weighted by Gasteiger charge is 2.37. The summed E-state index contributed by atoms with van der Waals surface area (Å²) in [5, 5.41) is 12.1. The van der Waals surface area contributed by atoms with Crippen molar-refractivity contribution in [2.75, 3.05) is 5.32 Å². The molecule has 0 saturated heterocycles. The van der Waals surface area contributed by atoms with Crippen LogP contribution in [0.1, 0.15) is 43.5 Å². The third-order valence-electron chi connectivity index (χ3n) is 4.41. The third kappa shape index (κ3) is 1.81. The zero-order valence-electron chi connectivity index (χ0n) is 12.7. The van der Waals surface area contributed by atoms with Crippen LogP contribution in [0.2, 0.25) is 0 Å². The van der Waals surface area contributed by atoms with Crippen LogP contribution in [0.3, 0.4) is 0 Å². The summed E-state index contributed by atoms with van der Waals surface area (Å²) in [7, 11) is 0. The minimum absolute atomic E-state index is 0.198. The topological polar surface area (TPSA) is 77.6 Å². The predicted molar refractivity (Wildman–Crippen MR) is 80.3 cm³/mol. The lowest BCUT2D eigenvalue weighted by atomic mass is 9.86. The number of fused-ring (bicyclic) bond motifs is 1. The quantitative estimate of drug-likeness (QED) is 0.915. The molecule has 0 bridgehead atoms. The van der Waals surface area contributed by atoms with Gasteiger partial charge < -0.3 is 5.32 Å². The van der Waals surface area contributed by atoms with Gasteiger partial charge in [0, 0.05) is 36.0 Å². The van der Waals surface area contributed by atoms with Gasteiger partial charge >= 0.3 is 0 Å². The van der Waals surface area contributed by atoms with Crippen molar-refractivity contribution >= 4 is 11.7 Å². The number of aryl methyl sites for hydroxylation is 2. The summed E-state index contributed by atoms with van der Waals surface area (Å²) in [6.45, 7) is 4.83. The molecular weight excluding hydrogens is 280 g/mol. The van der Waals surface area contributed by atoms with Crippen molar-refractivity contribution in [1.29, 1.82) is 0 Å². The number of rotatable bonds is 2. The second kappa shape index (κ2) is 4.79. The first kappa shape index (κ1) is 13.2. The maximum absolute atomic E-state index is 12.5. The fourth-order valence-electron chi connectivity index (χ4n) is 3.35. The molecule has 3 heterocycles. The van der Waals surface area contributed by atoms with Crippen LogP contribution >= 0.6 is 0 Å². The Hall–Kier alpha value is -2.44. The first-order chi connectivity index (χ1) is 10.7. The lowest BCUT2D eigenvalue weighted by molar-refractivity contribution is -0.116. The van der Waals surface area contributed by atoms with Crippen LogP contribution in [0.15, 0.2) is 23.8 Å². The van der Waals surface area contributed by atoms with Crippen molar-refractivity contribution in [2.45, 2.75) is 45.7 Å². The van der Waals surface area contributed by atoms with Crippen molar-refractivity contribution in [3.05, 3.63) is 35.1 Å². The van der Waals surface area contributed by atoms with Gasteiger partial charge in [0.1, 0.15) is 12.4 Å². The van der Waals surface area contributed by atoms with E-state index in [4.69, 9.17) is 0 Å². The molecule has 1 unspecified atom stereocenters. The fourth-order valence-corrected chi connectivity index (χ4v) is 3.35. The second-order valence-electron chi connectivity index (χ2n) is 5.75. The Bertz CT molecular complexity index is 784. The van der Waals surface area contributed by atoms with Gasteiger partial charge in [0.25, 0.3) is 0 Å². The molecule has 7 nitrogen and oxygen atoms in total. The van der Waals surface area contributed by atoms with Gasteiger partial charge in [0.15, 0.2) is 5.78 Å². The van der Waals surface area contributed by atoms with Crippen LogP contribution in [0, 0.1) is 6.92 Å². The van der Waals surface area contributed by atoms with Crippen LogP contribution in [0.4, 0.5) is 5.95 Å². The van der Waals surface area contributed by atoms with E-state index in [9.17, 15) is 4.79 Å². The number of nitrogens with zero attached hydrogens (tertiary/aromatic N) is 5. The van der Waals surface area contributed by atoms with E-state index < -0.39 is 0 Å².